The maximum atomic E-state index is 12.7. The molecule has 1 aromatic carbocycles. The lowest BCUT2D eigenvalue weighted by Gasteiger charge is -2.13. The Labute approximate surface area is 154 Å². The second-order valence-electron chi connectivity index (χ2n) is 6.53. The topological polar surface area (TPSA) is 75.9 Å². The van der Waals surface area contributed by atoms with Crippen molar-refractivity contribution >= 4 is 5.91 Å². The summed E-state index contributed by atoms with van der Waals surface area (Å²) in [4.78, 5) is 14.3. The van der Waals surface area contributed by atoms with Crippen LogP contribution in [-0.4, -0.2) is 50.6 Å². The number of halogens is 3. The summed E-state index contributed by atoms with van der Waals surface area (Å²) in [6.45, 7) is 2.82. The first kappa shape index (κ1) is 19.3. The van der Waals surface area contributed by atoms with Crippen LogP contribution in [0, 0.1) is 0 Å². The molecule has 1 aliphatic rings. The van der Waals surface area contributed by atoms with Crippen LogP contribution in [0.3, 0.4) is 0 Å². The zero-order chi connectivity index (χ0) is 19.3. The molecule has 27 heavy (non-hydrogen) atoms. The SMILES string of the molecule is O=C(Cn1nnnc1CN1CCCC1)NCCc1cccc(C(F)(F)F)c1. The number of likely N-dealkylation sites (tertiary alicyclic amines) is 1. The predicted molar refractivity (Wildman–Crippen MR) is 90.5 cm³/mol. The van der Waals surface area contributed by atoms with Gasteiger partial charge in [-0.1, -0.05) is 18.2 Å². The van der Waals surface area contributed by atoms with Crippen LogP contribution in [0.25, 0.3) is 0 Å². The fraction of sp³-hybridized carbons (Fsp3) is 0.529. The molecule has 2 aromatic rings. The summed E-state index contributed by atoms with van der Waals surface area (Å²) < 4.78 is 39.6. The molecule has 1 N–H and O–H groups in total. The van der Waals surface area contributed by atoms with E-state index < -0.39 is 11.7 Å². The van der Waals surface area contributed by atoms with Crippen LogP contribution in [0.1, 0.15) is 29.8 Å². The highest BCUT2D eigenvalue weighted by molar-refractivity contribution is 5.75. The maximum Gasteiger partial charge on any atom is 0.416 e. The largest absolute Gasteiger partial charge is 0.416 e. The first-order valence-electron chi connectivity index (χ1n) is 8.82. The second kappa shape index (κ2) is 8.47. The van der Waals surface area contributed by atoms with Crippen LogP contribution in [0.2, 0.25) is 0 Å². The van der Waals surface area contributed by atoms with Gasteiger partial charge < -0.3 is 5.32 Å². The molecule has 1 aliphatic heterocycles. The number of carbonyl (C=O) groups is 1. The summed E-state index contributed by atoms with van der Waals surface area (Å²) in [5, 5.41) is 14.1. The molecule has 10 heteroatoms. The van der Waals surface area contributed by atoms with Gasteiger partial charge in [-0.25, -0.2) is 4.68 Å². The van der Waals surface area contributed by atoms with Crippen LogP contribution >= 0.6 is 0 Å². The lowest BCUT2D eigenvalue weighted by atomic mass is 10.1. The number of benzene rings is 1. The molecule has 1 amide bonds. The van der Waals surface area contributed by atoms with E-state index in [0.29, 0.717) is 24.4 Å². The molecule has 0 bridgehead atoms. The highest BCUT2D eigenvalue weighted by Gasteiger charge is 2.30. The summed E-state index contributed by atoms with van der Waals surface area (Å²) in [6, 6.07) is 5.10. The summed E-state index contributed by atoms with van der Waals surface area (Å²) in [5.41, 5.74) is -0.172. The van der Waals surface area contributed by atoms with Gasteiger partial charge in [0.1, 0.15) is 6.54 Å². The first-order valence-corrected chi connectivity index (χ1v) is 8.82. The number of aromatic nitrogens is 4. The number of rotatable bonds is 7. The fourth-order valence-electron chi connectivity index (χ4n) is 3.04. The monoisotopic (exact) mass is 382 g/mol. The minimum absolute atomic E-state index is 0.0151. The maximum absolute atomic E-state index is 12.7. The molecular weight excluding hydrogens is 361 g/mol. The summed E-state index contributed by atoms with van der Waals surface area (Å²) in [6.07, 6.45) is -1.76. The number of amides is 1. The van der Waals surface area contributed by atoms with Gasteiger partial charge in [-0.3, -0.25) is 9.69 Å². The molecule has 0 radical (unpaired) electrons. The fourth-order valence-corrected chi connectivity index (χ4v) is 3.04. The Hall–Kier alpha value is -2.49. The Bertz CT molecular complexity index is 770. The Balaban J connectivity index is 1.47. The number of hydrogen-bond acceptors (Lipinski definition) is 5. The van der Waals surface area contributed by atoms with Crippen molar-refractivity contribution in [3.63, 3.8) is 0 Å². The van der Waals surface area contributed by atoms with E-state index in [-0.39, 0.29) is 19.0 Å². The van der Waals surface area contributed by atoms with Crippen LogP contribution in [0.5, 0.6) is 0 Å². The zero-order valence-corrected chi connectivity index (χ0v) is 14.7. The molecule has 0 saturated carbocycles. The molecule has 0 aliphatic carbocycles. The number of alkyl halides is 3. The molecule has 1 aromatic heterocycles. The van der Waals surface area contributed by atoms with Crippen molar-refractivity contribution in [1.82, 2.24) is 30.4 Å². The minimum atomic E-state index is -4.37. The molecule has 1 saturated heterocycles. The van der Waals surface area contributed by atoms with Gasteiger partial charge in [0.2, 0.25) is 5.91 Å². The highest BCUT2D eigenvalue weighted by atomic mass is 19.4. The van der Waals surface area contributed by atoms with E-state index in [0.717, 1.165) is 38.1 Å². The molecule has 0 spiro atoms. The summed E-state index contributed by atoms with van der Waals surface area (Å²) >= 11 is 0. The third-order valence-electron chi connectivity index (χ3n) is 4.45. The van der Waals surface area contributed by atoms with E-state index in [1.165, 1.54) is 10.7 Å². The first-order chi connectivity index (χ1) is 12.9. The normalized spacial score (nSPS) is 15.2. The van der Waals surface area contributed by atoms with Crippen molar-refractivity contribution in [1.29, 1.82) is 0 Å². The lowest BCUT2D eigenvalue weighted by molar-refractivity contribution is -0.137. The predicted octanol–water partition coefficient (Wildman–Crippen LogP) is 1.65. The Morgan fingerprint density at radius 1 is 1.22 bits per heavy atom. The second-order valence-corrected chi connectivity index (χ2v) is 6.53. The Kier molecular flexibility index (Phi) is 6.04. The summed E-state index contributed by atoms with van der Waals surface area (Å²) in [7, 11) is 0. The van der Waals surface area contributed by atoms with E-state index >= 15 is 0 Å². The smallest absolute Gasteiger partial charge is 0.354 e. The summed E-state index contributed by atoms with van der Waals surface area (Å²) in [5.74, 6) is 0.349. The van der Waals surface area contributed by atoms with Crippen LogP contribution in [0.4, 0.5) is 13.2 Å². The van der Waals surface area contributed by atoms with E-state index in [9.17, 15) is 18.0 Å². The van der Waals surface area contributed by atoms with E-state index in [1.807, 2.05) is 0 Å². The number of hydrogen-bond donors (Lipinski definition) is 1. The van der Waals surface area contributed by atoms with Gasteiger partial charge in [0.15, 0.2) is 5.82 Å². The third kappa shape index (κ3) is 5.49. The van der Waals surface area contributed by atoms with E-state index in [4.69, 9.17) is 0 Å². The average Bonchev–Trinajstić information content (AvgIpc) is 3.27. The molecule has 2 heterocycles. The molecule has 0 unspecified atom stereocenters. The molecule has 146 valence electrons. The number of carbonyl (C=O) groups excluding carboxylic acids is 1. The Morgan fingerprint density at radius 2 is 2.00 bits per heavy atom. The zero-order valence-electron chi connectivity index (χ0n) is 14.7. The molecule has 1 fully saturated rings. The average molecular weight is 382 g/mol. The van der Waals surface area contributed by atoms with Crippen molar-refractivity contribution in [2.75, 3.05) is 19.6 Å². The standard InChI is InChI=1S/C17H21F3N6O/c18-17(19,20)14-5-3-4-13(10-14)6-7-21-16(27)12-26-15(22-23-24-26)11-25-8-1-2-9-25/h3-5,10H,1-2,6-9,11-12H2,(H,21,27). The van der Waals surface area contributed by atoms with Gasteiger partial charge >= 0.3 is 6.18 Å². The molecule has 7 nitrogen and oxygen atoms in total. The number of tetrazole rings is 1. The van der Waals surface area contributed by atoms with Crippen LogP contribution in [0.15, 0.2) is 24.3 Å². The van der Waals surface area contributed by atoms with Crippen LogP contribution in [-0.2, 0) is 30.5 Å². The van der Waals surface area contributed by atoms with Crippen molar-refractivity contribution in [3.05, 3.63) is 41.2 Å². The van der Waals surface area contributed by atoms with Gasteiger partial charge in [0.05, 0.1) is 12.1 Å². The van der Waals surface area contributed by atoms with E-state index in [1.54, 1.807) is 6.07 Å². The molecular formula is C17H21F3N6O. The number of nitrogens with one attached hydrogen (secondary N) is 1. The number of nitrogens with zero attached hydrogens (tertiary/aromatic N) is 5. The van der Waals surface area contributed by atoms with Gasteiger partial charge in [0, 0.05) is 6.54 Å². The minimum Gasteiger partial charge on any atom is -0.354 e. The molecule has 3 rings (SSSR count). The quantitative estimate of drug-likeness (QED) is 0.788. The van der Waals surface area contributed by atoms with Crippen molar-refractivity contribution in [3.8, 4) is 0 Å². The van der Waals surface area contributed by atoms with Gasteiger partial charge in [-0.05, 0) is 54.4 Å². The van der Waals surface area contributed by atoms with Crippen molar-refractivity contribution < 1.29 is 18.0 Å². The van der Waals surface area contributed by atoms with Gasteiger partial charge in [-0.15, -0.1) is 5.10 Å². The van der Waals surface area contributed by atoms with E-state index in [2.05, 4.69) is 25.7 Å². The van der Waals surface area contributed by atoms with Crippen LogP contribution < -0.4 is 5.32 Å². The Morgan fingerprint density at radius 3 is 2.74 bits per heavy atom. The third-order valence-corrected chi connectivity index (χ3v) is 4.45. The highest BCUT2D eigenvalue weighted by Crippen LogP contribution is 2.29. The van der Waals surface area contributed by atoms with Gasteiger partial charge in [-0.2, -0.15) is 13.2 Å². The molecule has 0 atom stereocenters. The van der Waals surface area contributed by atoms with Gasteiger partial charge in [0.25, 0.3) is 0 Å². The van der Waals surface area contributed by atoms with Crippen molar-refractivity contribution in [2.24, 2.45) is 0 Å². The van der Waals surface area contributed by atoms with Crippen molar-refractivity contribution in [2.45, 2.75) is 38.5 Å². The lowest BCUT2D eigenvalue weighted by Crippen LogP contribution is -2.31.